The lowest BCUT2D eigenvalue weighted by molar-refractivity contribution is -0.126. The van der Waals surface area contributed by atoms with E-state index in [1.807, 2.05) is 12.1 Å². The van der Waals surface area contributed by atoms with Gasteiger partial charge in [0.25, 0.3) is 0 Å². The number of likely N-dealkylation sites (tertiary alicyclic amines) is 1. The van der Waals surface area contributed by atoms with Crippen LogP contribution in [-0.4, -0.2) is 35.5 Å². The molecule has 0 atom stereocenters. The van der Waals surface area contributed by atoms with E-state index in [-0.39, 0.29) is 18.4 Å². The zero-order chi connectivity index (χ0) is 15.8. The molecule has 1 amide bonds. The Morgan fingerprint density at radius 1 is 1.23 bits per heavy atom. The molecule has 0 spiro atoms. The fourth-order valence-corrected chi connectivity index (χ4v) is 2.89. The molecule has 2 rings (SSSR count). The fourth-order valence-electron chi connectivity index (χ4n) is 2.89. The second-order valence-corrected chi connectivity index (χ2v) is 6.17. The minimum Gasteiger partial charge on any atom is -0.392 e. The summed E-state index contributed by atoms with van der Waals surface area (Å²) in [7, 11) is 0. The van der Waals surface area contributed by atoms with E-state index in [2.05, 4.69) is 29.3 Å². The molecule has 0 unspecified atom stereocenters. The van der Waals surface area contributed by atoms with Crippen LogP contribution in [0.4, 0.5) is 0 Å². The van der Waals surface area contributed by atoms with Crippen molar-refractivity contribution in [3.63, 3.8) is 0 Å². The molecule has 1 heterocycles. The van der Waals surface area contributed by atoms with Gasteiger partial charge in [0.05, 0.1) is 6.61 Å². The normalized spacial score (nSPS) is 16.6. The van der Waals surface area contributed by atoms with Crippen molar-refractivity contribution in [2.45, 2.75) is 45.8 Å². The number of hydrogen-bond donors (Lipinski definition) is 2. The number of amides is 1. The zero-order valence-electron chi connectivity index (χ0n) is 13.6. The lowest BCUT2D eigenvalue weighted by Crippen LogP contribution is -2.40. The lowest BCUT2D eigenvalue weighted by Gasteiger charge is -2.31. The van der Waals surface area contributed by atoms with E-state index in [0.717, 1.165) is 57.4 Å². The second kappa shape index (κ2) is 8.91. The third-order valence-corrected chi connectivity index (χ3v) is 4.40. The molecular formula is C18H28N2O2. The summed E-state index contributed by atoms with van der Waals surface area (Å²) in [6.07, 6.45) is 4.08. The summed E-state index contributed by atoms with van der Waals surface area (Å²) in [5, 5.41) is 12.1. The number of aliphatic hydroxyl groups is 1. The van der Waals surface area contributed by atoms with E-state index in [9.17, 15) is 4.79 Å². The highest BCUT2D eigenvalue weighted by atomic mass is 16.3. The number of benzene rings is 1. The van der Waals surface area contributed by atoms with E-state index in [1.54, 1.807) is 0 Å². The Morgan fingerprint density at radius 2 is 1.86 bits per heavy atom. The van der Waals surface area contributed by atoms with E-state index in [1.165, 1.54) is 5.56 Å². The summed E-state index contributed by atoms with van der Waals surface area (Å²) in [6.45, 7) is 5.93. The zero-order valence-corrected chi connectivity index (χ0v) is 13.6. The maximum absolute atomic E-state index is 12.1. The van der Waals surface area contributed by atoms with Crippen LogP contribution in [0.3, 0.4) is 0 Å². The van der Waals surface area contributed by atoms with Gasteiger partial charge >= 0.3 is 0 Å². The molecule has 0 bridgehead atoms. The maximum Gasteiger partial charge on any atom is 0.223 e. The molecule has 0 radical (unpaired) electrons. The summed E-state index contributed by atoms with van der Waals surface area (Å²) < 4.78 is 0. The average Bonchev–Trinajstić information content (AvgIpc) is 2.56. The van der Waals surface area contributed by atoms with Crippen molar-refractivity contribution in [1.82, 2.24) is 10.2 Å². The molecule has 2 N–H and O–H groups in total. The molecule has 4 nitrogen and oxygen atoms in total. The fraction of sp³-hybridized carbons (Fsp3) is 0.611. The van der Waals surface area contributed by atoms with Gasteiger partial charge in [-0.25, -0.2) is 0 Å². The number of rotatable bonds is 7. The molecule has 1 saturated heterocycles. The Kier molecular flexibility index (Phi) is 6.87. The molecule has 1 aliphatic rings. The van der Waals surface area contributed by atoms with E-state index >= 15 is 0 Å². The summed E-state index contributed by atoms with van der Waals surface area (Å²) in [4.78, 5) is 14.5. The van der Waals surface area contributed by atoms with Crippen LogP contribution in [0.2, 0.25) is 0 Å². The first-order valence-corrected chi connectivity index (χ1v) is 8.41. The van der Waals surface area contributed by atoms with Crippen molar-refractivity contribution < 1.29 is 9.90 Å². The largest absolute Gasteiger partial charge is 0.392 e. The monoisotopic (exact) mass is 304 g/mol. The van der Waals surface area contributed by atoms with Gasteiger partial charge in [-0.1, -0.05) is 37.6 Å². The predicted octanol–water partition coefficient (Wildman–Crippen LogP) is 2.31. The minimum absolute atomic E-state index is 0.0960. The van der Waals surface area contributed by atoms with Gasteiger partial charge in [0.1, 0.15) is 0 Å². The van der Waals surface area contributed by atoms with Crippen LogP contribution in [0.25, 0.3) is 0 Å². The van der Waals surface area contributed by atoms with Crippen LogP contribution < -0.4 is 5.32 Å². The Bertz CT molecular complexity index is 451. The standard InChI is InChI=1S/C18H28N2O2/c1-2-3-10-19-18(22)17-8-11-20(12-9-17)13-15-4-6-16(14-21)7-5-15/h4-7,17,21H,2-3,8-14H2,1H3,(H,19,22). The highest BCUT2D eigenvalue weighted by Gasteiger charge is 2.24. The van der Waals surface area contributed by atoms with Gasteiger partial charge in [-0.15, -0.1) is 0 Å². The van der Waals surface area contributed by atoms with Gasteiger partial charge in [-0.2, -0.15) is 0 Å². The van der Waals surface area contributed by atoms with Gasteiger partial charge in [0.15, 0.2) is 0 Å². The number of unbranched alkanes of at least 4 members (excludes halogenated alkanes) is 1. The molecule has 1 aromatic rings. The van der Waals surface area contributed by atoms with E-state index < -0.39 is 0 Å². The Labute approximate surface area is 133 Å². The number of carbonyl (C=O) groups is 1. The number of nitrogens with one attached hydrogen (secondary N) is 1. The minimum atomic E-state index is 0.0960. The molecule has 0 aliphatic carbocycles. The molecule has 0 saturated carbocycles. The average molecular weight is 304 g/mol. The number of carbonyl (C=O) groups excluding carboxylic acids is 1. The Morgan fingerprint density at radius 3 is 2.45 bits per heavy atom. The first kappa shape index (κ1) is 17.0. The molecular weight excluding hydrogens is 276 g/mol. The Balaban J connectivity index is 1.73. The Hall–Kier alpha value is -1.39. The first-order chi connectivity index (χ1) is 10.7. The van der Waals surface area contributed by atoms with Crippen molar-refractivity contribution in [1.29, 1.82) is 0 Å². The van der Waals surface area contributed by atoms with Crippen molar-refractivity contribution in [2.75, 3.05) is 19.6 Å². The van der Waals surface area contributed by atoms with Crippen LogP contribution in [0.1, 0.15) is 43.7 Å². The van der Waals surface area contributed by atoms with E-state index in [0.29, 0.717) is 0 Å². The number of piperidine rings is 1. The second-order valence-electron chi connectivity index (χ2n) is 6.17. The van der Waals surface area contributed by atoms with Crippen LogP contribution >= 0.6 is 0 Å². The summed E-state index contributed by atoms with van der Waals surface area (Å²) in [5.74, 6) is 0.422. The van der Waals surface area contributed by atoms with E-state index in [4.69, 9.17) is 5.11 Å². The van der Waals surface area contributed by atoms with Crippen molar-refractivity contribution in [3.8, 4) is 0 Å². The summed E-state index contributed by atoms with van der Waals surface area (Å²) in [5.41, 5.74) is 2.22. The van der Waals surface area contributed by atoms with Crippen molar-refractivity contribution in [2.24, 2.45) is 5.92 Å². The SMILES string of the molecule is CCCCNC(=O)C1CCN(Cc2ccc(CO)cc2)CC1. The molecule has 1 aromatic carbocycles. The van der Waals surface area contributed by atoms with Gasteiger partial charge in [0, 0.05) is 19.0 Å². The first-order valence-electron chi connectivity index (χ1n) is 8.41. The third-order valence-electron chi connectivity index (χ3n) is 4.40. The van der Waals surface area contributed by atoms with Crippen LogP contribution in [0, 0.1) is 5.92 Å². The topological polar surface area (TPSA) is 52.6 Å². The van der Waals surface area contributed by atoms with Gasteiger partial charge in [-0.05, 0) is 43.5 Å². The van der Waals surface area contributed by atoms with Crippen LogP contribution in [0.5, 0.6) is 0 Å². The smallest absolute Gasteiger partial charge is 0.223 e. The third kappa shape index (κ3) is 5.11. The molecule has 122 valence electrons. The van der Waals surface area contributed by atoms with Crippen molar-refractivity contribution >= 4 is 5.91 Å². The summed E-state index contributed by atoms with van der Waals surface area (Å²) >= 11 is 0. The molecule has 1 aliphatic heterocycles. The molecule has 0 aromatic heterocycles. The highest BCUT2D eigenvalue weighted by molar-refractivity contribution is 5.78. The van der Waals surface area contributed by atoms with Crippen LogP contribution in [0.15, 0.2) is 24.3 Å². The quantitative estimate of drug-likeness (QED) is 0.760. The number of aliphatic hydroxyl groups excluding tert-OH is 1. The van der Waals surface area contributed by atoms with Gasteiger partial charge in [-0.3, -0.25) is 9.69 Å². The lowest BCUT2D eigenvalue weighted by atomic mass is 9.95. The highest BCUT2D eigenvalue weighted by Crippen LogP contribution is 2.19. The van der Waals surface area contributed by atoms with Gasteiger partial charge < -0.3 is 10.4 Å². The maximum atomic E-state index is 12.1. The van der Waals surface area contributed by atoms with Crippen molar-refractivity contribution in [3.05, 3.63) is 35.4 Å². The van der Waals surface area contributed by atoms with Gasteiger partial charge in [0.2, 0.25) is 5.91 Å². The van der Waals surface area contributed by atoms with Crippen LogP contribution in [-0.2, 0) is 17.9 Å². The predicted molar refractivity (Wildman–Crippen MR) is 88.3 cm³/mol. The molecule has 22 heavy (non-hydrogen) atoms. The number of hydrogen-bond acceptors (Lipinski definition) is 3. The molecule has 1 fully saturated rings. The molecule has 4 heteroatoms. The number of nitrogens with zero attached hydrogens (tertiary/aromatic N) is 1. The summed E-state index contributed by atoms with van der Waals surface area (Å²) in [6, 6.07) is 8.11.